The van der Waals surface area contributed by atoms with Gasteiger partial charge in [-0.15, -0.1) is 0 Å². The molecule has 3 aromatic carbocycles. The van der Waals surface area contributed by atoms with E-state index < -0.39 is 23.8 Å². The number of carboxylic acid groups (broad SMARTS) is 1. The first-order chi connectivity index (χ1) is 15.2. The molecule has 32 heavy (non-hydrogen) atoms. The lowest BCUT2D eigenvalue weighted by molar-refractivity contribution is -0.144. The number of rotatable bonds is 6. The Kier molecular flexibility index (Phi) is 5.48. The average molecular weight is 443 g/mol. The first-order valence-corrected chi connectivity index (χ1v) is 9.45. The Labute approximate surface area is 179 Å². The summed E-state index contributed by atoms with van der Waals surface area (Å²) in [6.45, 7) is 1.41. The average Bonchev–Trinajstić information content (AvgIpc) is 3.16. The zero-order chi connectivity index (χ0) is 22.9. The molecule has 6 nitrogen and oxygen atoms in total. The van der Waals surface area contributed by atoms with Gasteiger partial charge in [0.1, 0.15) is 22.9 Å². The molecule has 9 heteroatoms. The van der Waals surface area contributed by atoms with Crippen molar-refractivity contribution >= 4 is 16.9 Å². The summed E-state index contributed by atoms with van der Waals surface area (Å²) in [5.41, 5.74) is 0.132. The van der Waals surface area contributed by atoms with Gasteiger partial charge >= 0.3 is 12.1 Å². The SMILES string of the molecule is CC(Oc1cccc(Oc2ccc3c(-c4cccc(C(F)(F)F)c4)noc3c2)c1)C(=O)O. The molecule has 1 heterocycles. The van der Waals surface area contributed by atoms with Gasteiger partial charge in [0.25, 0.3) is 0 Å². The number of carboxylic acids is 1. The number of aromatic nitrogens is 1. The highest BCUT2D eigenvalue weighted by Gasteiger charge is 2.30. The van der Waals surface area contributed by atoms with Gasteiger partial charge in [0.2, 0.25) is 0 Å². The van der Waals surface area contributed by atoms with Crippen molar-refractivity contribution < 1.29 is 37.1 Å². The highest BCUT2D eigenvalue weighted by Crippen LogP contribution is 2.36. The van der Waals surface area contributed by atoms with Crippen molar-refractivity contribution in [2.45, 2.75) is 19.2 Å². The summed E-state index contributed by atoms with van der Waals surface area (Å²) in [4.78, 5) is 10.9. The summed E-state index contributed by atoms with van der Waals surface area (Å²) in [5, 5.41) is 13.4. The number of alkyl halides is 3. The maximum absolute atomic E-state index is 13.0. The van der Waals surface area contributed by atoms with Crippen LogP contribution in [0.15, 0.2) is 71.3 Å². The lowest BCUT2D eigenvalue weighted by Crippen LogP contribution is -2.22. The number of fused-ring (bicyclic) bond motifs is 1. The summed E-state index contributed by atoms with van der Waals surface area (Å²) >= 11 is 0. The van der Waals surface area contributed by atoms with E-state index in [1.165, 1.54) is 25.1 Å². The zero-order valence-electron chi connectivity index (χ0n) is 16.6. The lowest BCUT2D eigenvalue weighted by atomic mass is 10.0. The van der Waals surface area contributed by atoms with Gasteiger partial charge in [0.15, 0.2) is 11.7 Å². The van der Waals surface area contributed by atoms with E-state index in [2.05, 4.69) is 5.16 Å². The molecule has 0 amide bonds. The molecule has 1 N–H and O–H groups in total. The third-order valence-electron chi connectivity index (χ3n) is 4.61. The van der Waals surface area contributed by atoms with Crippen LogP contribution in [-0.2, 0) is 11.0 Å². The Balaban J connectivity index is 1.58. The molecule has 4 rings (SSSR count). The maximum atomic E-state index is 13.0. The fourth-order valence-electron chi connectivity index (χ4n) is 3.03. The van der Waals surface area contributed by atoms with E-state index in [1.807, 2.05) is 0 Å². The van der Waals surface area contributed by atoms with Crippen molar-refractivity contribution in [1.29, 1.82) is 0 Å². The minimum absolute atomic E-state index is 0.282. The Morgan fingerprint density at radius 2 is 1.72 bits per heavy atom. The van der Waals surface area contributed by atoms with Crippen molar-refractivity contribution in [2.24, 2.45) is 0 Å². The Morgan fingerprint density at radius 1 is 1.00 bits per heavy atom. The number of hydrogen-bond donors (Lipinski definition) is 1. The van der Waals surface area contributed by atoms with Crippen LogP contribution in [0.2, 0.25) is 0 Å². The largest absolute Gasteiger partial charge is 0.479 e. The number of halogens is 3. The van der Waals surface area contributed by atoms with Crippen molar-refractivity contribution in [3.8, 4) is 28.5 Å². The second-order valence-corrected chi connectivity index (χ2v) is 6.94. The van der Waals surface area contributed by atoms with E-state index in [4.69, 9.17) is 19.1 Å². The molecule has 1 unspecified atom stereocenters. The molecule has 0 aliphatic carbocycles. The molecule has 0 fully saturated rings. The van der Waals surface area contributed by atoms with Gasteiger partial charge < -0.3 is 19.1 Å². The highest BCUT2D eigenvalue weighted by molar-refractivity contribution is 5.92. The van der Waals surface area contributed by atoms with Gasteiger partial charge in [-0.25, -0.2) is 4.79 Å². The van der Waals surface area contributed by atoms with Crippen LogP contribution in [-0.4, -0.2) is 22.3 Å². The fraction of sp³-hybridized carbons (Fsp3) is 0.130. The highest BCUT2D eigenvalue weighted by atomic mass is 19.4. The number of hydrogen-bond acceptors (Lipinski definition) is 5. The quantitative estimate of drug-likeness (QED) is 0.385. The minimum Gasteiger partial charge on any atom is -0.479 e. The van der Waals surface area contributed by atoms with Crippen LogP contribution in [0.1, 0.15) is 12.5 Å². The number of ether oxygens (including phenoxy) is 2. The monoisotopic (exact) mass is 443 g/mol. The lowest BCUT2D eigenvalue weighted by Gasteiger charge is -2.12. The molecule has 1 atom stereocenters. The van der Waals surface area contributed by atoms with Crippen LogP contribution in [0.25, 0.3) is 22.2 Å². The third kappa shape index (κ3) is 4.51. The van der Waals surface area contributed by atoms with Crippen LogP contribution in [0.3, 0.4) is 0 Å². The van der Waals surface area contributed by atoms with Gasteiger partial charge in [0, 0.05) is 23.1 Å². The molecular formula is C23H16F3NO5. The topological polar surface area (TPSA) is 81.8 Å². The van der Waals surface area contributed by atoms with Gasteiger partial charge in [-0.3, -0.25) is 0 Å². The predicted molar refractivity (Wildman–Crippen MR) is 109 cm³/mol. The smallest absolute Gasteiger partial charge is 0.416 e. The molecular weight excluding hydrogens is 427 g/mol. The first kappa shape index (κ1) is 21.2. The predicted octanol–water partition coefficient (Wildman–Crippen LogP) is 6.16. The van der Waals surface area contributed by atoms with Crippen LogP contribution in [0.5, 0.6) is 17.2 Å². The number of aliphatic carboxylic acids is 1. The molecule has 0 saturated heterocycles. The van der Waals surface area contributed by atoms with Gasteiger partial charge in [-0.05, 0) is 43.3 Å². The molecule has 0 bridgehead atoms. The Hall–Kier alpha value is -4.01. The maximum Gasteiger partial charge on any atom is 0.416 e. The van der Waals surface area contributed by atoms with Crippen LogP contribution in [0, 0.1) is 0 Å². The van der Waals surface area contributed by atoms with Crippen molar-refractivity contribution in [1.82, 2.24) is 5.16 Å². The van der Waals surface area contributed by atoms with Crippen molar-refractivity contribution in [2.75, 3.05) is 0 Å². The van der Waals surface area contributed by atoms with Crippen molar-refractivity contribution in [3.05, 3.63) is 72.3 Å². The van der Waals surface area contributed by atoms with E-state index >= 15 is 0 Å². The zero-order valence-corrected chi connectivity index (χ0v) is 16.6. The Bertz CT molecular complexity index is 1280. The summed E-state index contributed by atoms with van der Waals surface area (Å²) < 4.78 is 55.5. The van der Waals surface area contributed by atoms with Crippen LogP contribution >= 0.6 is 0 Å². The fourth-order valence-corrected chi connectivity index (χ4v) is 3.03. The number of carbonyl (C=O) groups is 1. The summed E-state index contributed by atoms with van der Waals surface area (Å²) in [5.74, 6) is 0.0263. The molecule has 0 spiro atoms. The van der Waals surface area contributed by atoms with Crippen molar-refractivity contribution in [3.63, 3.8) is 0 Å². The van der Waals surface area contributed by atoms with E-state index in [1.54, 1.807) is 36.4 Å². The van der Waals surface area contributed by atoms with Crippen LogP contribution in [0.4, 0.5) is 13.2 Å². The minimum atomic E-state index is -4.46. The normalized spacial score (nSPS) is 12.5. The van der Waals surface area contributed by atoms with Gasteiger partial charge in [0.05, 0.1) is 5.56 Å². The standard InChI is InChI=1S/C23H16F3NO5/c1-13(22(28)29)30-16-6-3-7-17(11-16)31-18-8-9-19-20(12-18)32-27-21(19)14-4-2-5-15(10-14)23(24,25)26/h2-13H,1H3,(H,28,29). The van der Waals surface area contributed by atoms with E-state index in [-0.39, 0.29) is 11.3 Å². The number of benzene rings is 3. The summed E-state index contributed by atoms with van der Waals surface area (Å²) in [7, 11) is 0. The molecule has 164 valence electrons. The van der Waals surface area contributed by atoms with Crippen LogP contribution < -0.4 is 9.47 Å². The molecule has 0 saturated carbocycles. The molecule has 4 aromatic rings. The van der Waals surface area contributed by atoms with E-state index in [0.29, 0.717) is 28.2 Å². The molecule has 0 aliphatic heterocycles. The van der Waals surface area contributed by atoms with Gasteiger partial charge in [-0.2, -0.15) is 13.2 Å². The third-order valence-corrected chi connectivity index (χ3v) is 4.61. The Morgan fingerprint density at radius 3 is 2.47 bits per heavy atom. The number of nitrogens with zero attached hydrogens (tertiary/aromatic N) is 1. The molecule has 0 aliphatic rings. The van der Waals surface area contributed by atoms with Gasteiger partial charge in [-0.1, -0.05) is 23.4 Å². The van der Waals surface area contributed by atoms with E-state index in [9.17, 15) is 18.0 Å². The summed E-state index contributed by atoms with van der Waals surface area (Å²) in [6, 6.07) is 16.1. The molecule has 1 aromatic heterocycles. The first-order valence-electron chi connectivity index (χ1n) is 9.45. The van der Waals surface area contributed by atoms with E-state index in [0.717, 1.165) is 12.1 Å². The second kappa shape index (κ2) is 8.26. The second-order valence-electron chi connectivity index (χ2n) is 6.94. The summed E-state index contributed by atoms with van der Waals surface area (Å²) in [6.07, 6.45) is -5.48. The molecule has 0 radical (unpaired) electrons.